The van der Waals surface area contributed by atoms with Crippen molar-refractivity contribution in [3.8, 4) is 11.3 Å². The lowest BCUT2D eigenvalue weighted by Crippen LogP contribution is -2.61. The van der Waals surface area contributed by atoms with Gasteiger partial charge in [-0.05, 0) is 169 Å². The number of anilines is 2. The van der Waals surface area contributed by atoms with Gasteiger partial charge in [-0.15, -0.1) is 0 Å². The Kier molecular flexibility index (Phi) is 43.7. The minimum absolute atomic E-state index is 0.0000150. The van der Waals surface area contributed by atoms with Crippen LogP contribution in [0.5, 0.6) is 0 Å². The average Bonchev–Trinajstić information content (AvgIpc) is 1.53. The Hall–Kier alpha value is -8.36. The molecule has 7 heterocycles. The maximum atomic E-state index is 14.9. The summed E-state index contributed by atoms with van der Waals surface area (Å²) < 4.78 is 87.5. The second-order valence-corrected chi connectivity index (χ2v) is 34.5. The van der Waals surface area contributed by atoms with Gasteiger partial charge in [0.15, 0.2) is 17.0 Å². The number of oxazole rings is 1. The third kappa shape index (κ3) is 31.4. The van der Waals surface area contributed by atoms with Crippen LogP contribution >= 0.6 is 0 Å². The van der Waals surface area contributed by atoms with Gasteiger partial charge in [0.1, 0.15) is 53.8 Å². The second kappa shape index (κ2) is 54.0. The average molecular weight is 1810 g/mol. The lowest BCUT2D eigenvalue weighted by Gasteiger charge is -2.43. The molecule has 129 heavy (non-hydrogen) atoms. The number of methoxy groups -OCH3 is 3. The smallest absolute Gasteiger partial charge is 0.329 e. The van der Waals surface area contributed by atoms with Crippen molar-refractivity contribution < 1.29 is 115 Å². The Bertz CT molecular complexity index is 4460. The molecule has 1 saturated carbocycles. The standard InChI is InChI=1S/C63H103NO18.C33H40N8O6/c1-12-76-29-30-78-33-34-79-32-31-77-28-18-22-56(66)80-53-40-54(44(5)37-48-24-26-51(65)55(38-48)74-10)81-62(71)50-21-16-17-27-64(50)61(70)60(69)63(72)47(8)23-25-49(82-63)39-52(73-9)42(3)20-15-13-14-19-41(2)35-45(6)57(67)59(75-11)58(68)46(7)36-43(53)4;1-2-43-11-12-45-15-16-46-14-13-44-10-8-28(42)40-9-7-23-17-22(3-4-25(23)20-40)19-41-32-29(31(34)36-21-37-32)30(39-41)24-5-6-27-26(18-24)38-33(35)47-27/h13-15,19-20,36,41,43-45,47-55,58-59,65,68,72H,12,16-18,21-35,37-40H2,1-11H3;3-6,17-18,21H,2,7-16,19-20H2,1H3,(H2,35,38)(H2,34,36,37)/b15-13+,19-14+,42-20+,46-36+;/t41-,43-,44-,45-,47-,48+,49+,50+,51-,52+,53-,54+,55-,58-,59+,63-;/m1./s1. The number of hydrogen-bond donors (Lipinski definition) is 5. The number of nitrogen functional groups attached to an aromatic ring is 2. The maximum Gasteiger partial charge on any atom is 0.329 e. The predicted octanol–water partition coefficient (Wildman–Crippen LogP) is 10.6. The Morgan fingerprint density at radius 1 is 0.690 bits per heavy atom. The first-order valence-electron chi connectivity index (χ1n) is 46.2. The van der Waals surface area contributed by atoms with Gasteiger partial charge in [-0.25, -0.2) is 19.4 Å². The van der Waals surface area contributed by atoms with Crippen LogP contribution in [0.4, 0.5) is 11.8 Å². The number of fused-ring (bicyclic) bond motifs is 6. The van der Waals surface area contributed by atoms with E-state index in [1.165, 1.54) is 23.9 Å². The van der Waals surface area contributed by atoms with Crippen molar-refractivity contribution in [2.75, 3.05) is 152 Å². The third-order valence-electron chi connectivity index (χ3n) is 24.9. The Balaban J connectivity index is 0.000000335. The van der Waals surface area contributed by atoms with E-state index >= 15 is 0 Å². The summed E-state index contributed by atoms with van der Waals surface area (Å²) in [6, 6.07) is 10.8. The molecule has 5 aromatic rings. The number of ketones is 2. The lowest BCUT2D eigenvalue weighted by molar-refractivity contribution is -0.265. The van der Waals surface area contributed by atoms with Gasteiger partial charge >= 0.3 is 11.9 Å². The number of aromatic nitrogens is 5. The van der Waals surface area contributed by atoms with Crippen LogP contribution < -0.4 is 11.5 Å². The van der Waals surface area contributed by atoms with Crippen molar-refractivity contribution in [1.29, 1.82) is 0 Å². The molecule has 0 unspecified atom stereocenters. The largest absolute Gasteiger partial charge is 0.462 e. The topological polar surface area (TPSA) is 420 Å². The molecule has 33 nitrogen and oxygen atoms in total. The number of esters is 2. The lowest BCUT2D eigenvalue weighted by atomic mass is 9.78. The molecule has 3 fully saturated rings. The first-order chi connectivity index (χ1) is 62.2. The number of aliphatic hydroxyl groups is 3. The van der Waals surface area contributed by atoms with E-state index in [0.717, 1.165) is 28.7 Å². The zero-order valence-corrected chi connectivity index (χ0v) is 77.8. The fraction of sp³-hybridized carbons (Fsp3) is 0.667. The molecule has 716 valence electrons. The van der Waals surface area contributed by atoms with Crippen LogP contribution in [0.25, 0.3) is 33.4 Å². The van der Waals surface area contributed by atoms with Gasteiger partial charge in [0, 0.05) is 103 Å². The molecule has 2 amide bonds. The Morgan fingerprint density at radius 2 is 1.37 bits per heavy atom. The molecule has 3 aromatic heterocycles. The van der Waals surface area contributed by atoms with Crippen molar-refractivity contribution in [3.63, 3.8) is 0 Å². The highest BCUT2D eigenvalue weighted by Gasteiger charge is 2.53. The first kappa shape index (κ1) is 104. The molecule has 33 heteroatoms. The van der Waals surface area contributed by atoms with E-state index in [1.807, 2.05) is 107 Å². The SMILES string of the molecule is CCOCCOCCOCCOCCC(=O)N1CCc2cc(Cn3nc(-c4ccc5oc(N)nc5c4)c4c(N)ncnc43)ccc2C1.CCOCCOCCOCCOCCCC(=O)O[C@@H]1C[C@@H]([C@H](C)C[C@@H]2CC[C@@H](O)[C@H](OC)C2)OC(=O)[C@@H]2CCCCN2C(=O)C(=O)[C@]2(O)O[C@@H](CC[C@H]2C)C[C@H](OC)/C(C)=C/C=C/C=C/[C@@H](C)C[C@@H](C)C(=O)[C@H](OC)[C@H](O)/C(C)=C/[C@H]1C. The minimum atomic E-state index is -2.46. The summed E-state index contributed by atoms with van der Waals surface area (Å²) in [5, 5.41) is 40.3. The highest BCUT2D eigenvalue weighted by atomic mass is 16.6. The highest BCUT2D eigenvalue weighted by molar-refractivity contribution is 6.39. The molecule has 2 bridgehead atoms. The zero-order valence-electron chi connectivity index (χ0n) is 77.8. The summed E-state index contributed by atoms with van der Waals surface area (Å²) in [6.07, 6.45) is 13.0. The number of piperidine rings is 1. The summed E-state index contributed by atoms with van der Waals surface area (Å²) in [5.41, 5.74) is 20.1. The van der Waals surface area contributed by atoms with Gasteiger partial charge in [0.05, 0.1) is 129 Å². The molecule has 0 radical (unpaired) electrons. The number of nitrogens with zero attached hydrogens (tertiary/aromatic N) is 7. The van der Waals surface area contributed by atoms with Crippen LogP contribution in [0.3, 0.4) is 0 Å². The van der Waals surface area contributed by atoms with Gasteiger partial charge in [-0.1, -0.05) is 89.3 Å². The quantitative estimate of drug-likeness (QED) is 0.0107. The van der Waals surface area contributed by atoms with Gasteiger partial charge in [0.2, 0.25) is 11.7 Å². The second-order valence-electron chi connectivity index (χ2n) is 34.5. The van der Waals surface area contributed by atoms with E-state index in [0.29, 0.717) is 235 Å². The molecule has 5 aliphatic rings. The molecule has 0 spiro atoms. The number of hydrogen-bond acceptors (Lipinski definition) is 30. The van der Waals surface area contributed by atoms with E-state index in [-0.39, 0.29) is 74.0 Å². The molecule has 1 aliphatic carbocycles. The van der Waals surface area contributed by atoms with Crippen molar-refractivity contribution >= 4 is 69.3 Å². The number of benzene rings is 2. The minimum Gasteiger partial charge on any atom is -0.462 e. The van der Waals surface area contributed by atoms with Gasteiger partial charge in [-0.3, -0.25) is 24.0 Å². The van der Waals surface area contributed by atoms with E-state index in [4.69, 9.17) is 87.3 Å². The van der Waals surface area contributed by atoms with Gasteiger partial charge < -0.3 is 107 Å². The van der Waals surface area contributed by atoms with E-state index < -0.39 is 95.9 Å². The molecular weight excluding hydrogens is 1660 g/mol. The number of cyclic esters (lactones) is 1. The maximum absolute atomic E-state index is 14.9. The molecule has 2 saturated heterocycles. The molecule has 2 aromatic carbocycles. The number of rotatable bonds is 37. The normalized spacial score (nSPS) is 27.2. The van der Waals surface area contributed by atoms with Crippen molar-refractivity contribution in [3.05, 3.63) is 107 Å². The van der Waals surface area contributed by atoms with Crippen LogP contribution in [-0.4, -0.2) is 286 Å². The summed E-state index contributed by atoms with van der Waals surface area (Å²) in [4.78, 5) is 101. The molecule has 16 atom stereocenters. The van der Waals surface area contributed by atoms with Crippen molar-refractivity contribution in [1.82, 2.24) is 34.5 Å². The number of Topliss-reactive ketones (excluding diaryl/α,β-unsaturated/α-hetero) is 2. The van der Waals surface area contributed by atoms with Gasteiger partial charge in [-0.2, -0.15) is 10.1 Å². The van der Waals surface area contributed by atoms with Crippen LogP contribution in [0, 0.1) is 35.5 Å². The summed E-state index contributed by atoms with van der Waals surface area (Å²) >= 11 is 0. The monoisotopic (exact) mass is 1810 g/mol. The van der Waals surface area contributed by atoms with E-state index in [1.54, 1.807) is 34.1 Å². The van der Waals surface area contributed by atoms with Crippen LogP contribution in [0.2, 0.25) is 0 Å². The third-order valence-corrected chi connectivity index (χ3v) is 24.9. The van der Waals surface area contributed by atoms with Crippen molar-refractivity contribution in [2.24, 2.45) is 35.5 Å². The zero-order chi connectivity index (χ0) is 92.9. The predicted molar refractivity (Wildman–Crippen MR) is 484 cm³/mol. The number of aliphatic hydroxyl groups excluding tert-OH is 2. The first-order valence-corrected chi connectivity index (χ1v) is 46.2. The highest BCUT2D eigenvalue weighted by Crippen LogP contribution is 2.40. The van der Waals surface area contributed by atoms with Crippen LogP contribution in [-0.2, 0) is 115 Å². The van der Waals surface area contributed by atoms with E-state index in [9.17, 15) is 44.1 Å². The number of ether oxygens (including phenoxy) is 14. The summed E-state index contributed by atoms with van der Waals surface area (Å²) in [7, 11) is 4.54. The fourth-order valence-corrected chi connectivity index (χ4v) is 17.4. The summed E-state index contributed by atoms with van der Waals surface area (Å²) in [6.45, 7) is 26.1. The van der Waals surface area contributed by atoms with Crippen molar-refractivity contribution in [2.45, 2.75) is 239 Å². The number of carbonyl (C=O) groups excluding carboxylic acids is 6. The van der Waals surface area contributed by atoms with Crippen LogP contribution in [0.1, 0.15) is 175 Å². The number of allylic oxidation sites excluding steroid dienone is 5. The van der Waals surface area contributed by atoms with E-state index in [2.05, 4.69) is 33.2 Å². The summed E-state index contributed by atoms with van der Waals surface area (Å²) in [5.74, 6) is -7.90. The molecular formula is C96H143N9O24. The Labute approximate surface area is 759 Å². The van der Waals surface area contributed by atoms with Crippen LogP contribution in [0.15, 0.2) is 94.7 Å². The molecule has 4 aliphatic heterocycles. The molecule has 10 rings (SSSR count). The Morgan fingerprint density at radius 3 is 2.05 bits per heavy atom. The number of nitrogens with two attached hydrogens (primary N) is 2. The van der Waals surface area contributed by atoms with Gasteiger partial charge in [0.25, 0.3) is 17.7 Å². The number of carbonyl (C=O) groups is 6. The fourth-order valence-electron chi connectivity index (χ4n) is 17.4. The number of amides is 2. The molecule has 7 N–H and O–H groups in total.